The Bertz CT molecular complexity index is 243. The lowest BCUT2D eigenvalue weighted by atomic mass is 9.78. The minimum absolute atomic E-state index is 0.135. The SMILES string of the molecule is O=C(Br)CCCC1CCC(CCCC(=O)Br)CC1. The summed E-state index contributed by atoms with van der Waals surface area (Å²) in [5, 5.41) is 0. The van der Waals surface area contributed by atoms with Gasteiger partial charge >= 0.3 is 0 Å². The second-order valence-corrected chi connectivity index (χ2v) is 7.15. The van der Waals surface area contributed by atoms with Gasteiger partial charge in [-0.2, -0.15) is 0 Å². The van der Waals surface area contributed by atoms with Crippen molar-refractivity contribution in [2.75, 3.05) is 0 Å². The molecule has 0 N–H and O–H groups in total. The first-order chi connectivity index (χ1) is 8.58. The van der Waals surface area contributed by atoms with E-state index in [1.165, 1.54) is 38.5 Å². The van der Waals surface area contributed by atoms with Gasteiger partial charge < -0.3 is 0 Å². The van der Waals surface area contributed by atoms with Crippen molar-refractivity contribution in [3.05, 3.63) is 0 Å². The smallest absolute Gasteiger partial charge is 0.197 e. The monoisotopic (exact) mass is 380 g/mol. The first-order valence-corrected chi connectivity index (χ1v) is 8.53. The molecule has 4 heteroatoms. The van der Waals surface area contributed by atoms with E-state index in [0.29, 0.717) is 12.8 Å². The number of carbonyl (C=O) groups is 2. The third-order valence-electron chi connectivity index (χ3n) is 3.94. The van der Waals surface area contributed by atoms with Gasteiger partial charge in [0.05, 0.1) is 0 Å². The molecular weight excluding hydrogens is 360 g/mol. The summed E-state index contributed by atoms with van der Waals surface area (Å²) in [5.74, 6) is 1.65. The van der Waals surface area contributed by atoms with Crippen LogP contribution in [0.2, 0.25) is 0 Å². The molecule has 0 aliphatic heterocycles. The highest BCUT2D eigenvalue weighted by molar-refractivity contribution is 9.18. The van der Waals surface area contributed by atoms with Crippen LogP contribution in [-0.2, 0) is 9.59 Å². The molecule has 0 spiro atoms. The van der Waals surface area contributed by atoms with Crippen LogP contribution in [0.3, 0.4) is 0 Å². The van der Waals surface area contributed by atoms with E-state index in [9.17, 15) is 9.59 Å². The predicted molar refractivity (Wildman–Crippen MR) is 81.0 cm³/mol. The molecule has 2 nitrogen and oxygen atoms in total. The van der Waals surface area contributed by atoms with Crippen molar-refractivity contribution in [2.24, 2.45) is 11.8 Å². The van der Waals surface area contributed by atoms with Gasteiger partial charge in [0.25, 0.3) is 0 Å². The van der Waals surface area contributed by atoms with Crippen LogP contribution in [0.15, 0.2) is 0 Å². The van der Waals surface area contributed by atoms with Gasteiger partial charge in [-0.1, -0.05) is 25.7 Å². The zero-order valence-corrected chi connectivity index (χ0v) is 14.0. The third kappa shape index (κ3) is 7.67. The first kappa shape index (κ1) is 16.4. The summed E-state index contributed by atoms with van der Waals surface area (Å²) >= 11 is 5.96. The predicted octanol–water partition coefficient (Wildman–Crippen LogP) is 4.98. The standard InChI is InChI=1S/C14H22Br2O2/c15-13(17)5-1-3-11-7-9-12(10-8-11)4-2-6-14(16)18/h11-12H,1-10H2. The molecule has 0 aromatic heterocycles. The Labute approximate surface area is 127 Å². The van der Waals surface area contributed by atoms with E-state index in [2.05, 4.69) is 31.9 Å². The number of hydrogen-bond acceptors (Lipinski definition) is 2. The van der Waals surface area contributed by atoms with Crippen molar-refractivity contribution in [3.8, 4) is 0 Å². The van der Waals surface area contributed by atoms with Gasteiger partial charge in [0.15, 0.2) is 9.39 Å². The van der Waals surface area contributed by atoms with Crippen LogP contribution < -0.4 is 0 Å². The van der Waals surface area contributed by atoms with Gasteiger partial charge in [-0.3, -0.25) is 9.59 Å². The van der Waals surface area contributed by atoms with Gasteiger partial charge in [-0.05, 0) is 69.4 Å². The second kappa shape index (κ2) is 9.24. The zero-order valence-electron chi connectivity index (χ0n) is 10.8. The van der Waals surface area contributed by atoms with Crippen molar-refractivity contribution < 1.29 is 9.59 Å². The summed E-state index contributed by atoms with van der Waals surface area (Å²) in [6.45, 7) is 0. The number of halogens is 2. The molecule has 18 heavy (non-hydrogen) atoms. The molecule has 0 bridgehead atoms. The third-order valence-corrected chi connectivity index (χ3v) is 4.73. The van der Waals surface area contributed by atoms with Crippen molar-refractivity contribution in [1.82, 2.24) is 0 Å². The molecule has 0 unspecified atom stereocenters. The number of hydrogen-bond donors (Lipinski definition) is 0. The summed E-state index contributed by atoms with van der Waals surface area (Å²) < 4.78 is 0.270. The topological polar surface area (TPSA) is 34.1 Å². The zero-order chi connectivity index (χ0) is 13.4. The maximum Gasteiger partial charge on any atom is 0.197 e. The van der Waals surface area contributed by atoms with Gasteiger partial charge in [-0.15, -0.1) is 0 Å². The first-order valence-electron chi connectivity index (χ1n) is 6.94. The lowest BCUT2D eigenvalue weighted by Gasteiger charge is -2.28. The molecule has 0 aromatic carbocycles. The highest BCUT2D eigenvalue weighted by atomic mass is 79.9. The van der Waals surface area contributed by atoms with Gasteiger partial charge in [0.2, 0.25) is 0 Å². The summed E-state index contributed by atoms with van der Waals surface area (Å²) in [6.07, 6.45) is 11.0. The molecule has 0 saturated heterocycles. The van der Waals surface area contributed by atoms with Crippen molar-refractivity contribution in [2.45, 2.75) is 64.2 Å². The molecule has 1 rings (SSSR count). The van der Waals surface area contributed by atoms with Crippen LogP contribution in [0.25, 0.3) is 0 Å². The summed E-state index contributed by atoms with van der Waals surface area (Å²) in [6, 6.07) is 0. The van der Waals surface area contributed by atoms with Gasteiger partial charge in [0, 0.05) is 12.8 Å². The van der Waals surface area contributed by atoms with Crippen LogP contribution >= 0.6 is 31.9 Å². The Morgan fingerprint density at radius 1 is 0.778 bits per heavy atom. The number of rotatable bonds is 8. The van der Waals surface area contributed by atoms with E-state index < -0.39 is 0 Å². The summed E-state index contributed by atoms with van der Waals surface area (Å²) in [7, 11) is 0. The van der Waals surface area contributed by atoms with Crippen LogP contribution in [0.1, 0.15) is 64.2 Å². The Kier molecular flexibility index (Phi) is 8.40. The molecular formula is C14H22Br2O2. The normalized spacial score (nSPS) is 23.9. The van der Waals surface area contributed by atoms with Crippen LogP contribution in [-0.4, -0.2) is 9.39 Å². The highest BCUT2D eigenvalue weighted by Crippen LogP contribution is 2.34. The average molecular weight is 382 g/mol. The molecule has 0 aromatic rings. The van der Waals surface area contributed by atoms with Crippen LogP contribution in [0.4, 0.5) is 0 Å². The van der Waals surface area contributed by atoms with E-state index in [1.54, 1.807) is 0 Å². The van der Waals surface area contributed by atoms with E-state index in [4.69, 9.17) is 0 Å². The quantitative estimate of drug-likeness (QED) is 0.555. The minimum Gasteiger partial charge on any atom is -0.287 e. The Hall–Kier alpha value is 0.300. The lowest BCUT2D eigenvalue weighted by molar-refractivity contribution is -0.111. The maximum absolute atomic E-state index is 10.8. The van der Waals surface area contributed by atoms with E-state index >= 15 is 0 Å². The number of carbonyl (C=O) groups excluding carboxylic acids is 2. The summed E-state index contributed by atoms with van der Waals surface area (Å²) in [4.78, 5) is 21.6. The minimum atomic E-state index is 0.135. The Balaban J connectivity index is 2.05. The van der Waals surface area contributed by atoms with Crippen molar-refractivity contribution >= 4 is 41.2 Å². The van der Waals surface area contributed by atoms with Gasteiger partial charge in [0.1, 0.15) is 0 Å². The fraction of sp³-hybridized carbons (Fsp3) is 0.857. The molecule has 1 saturated carbocycles. The fourth-order valence-electron chi connectivity index (χ4n) is 2.87. The van der Waals surface area contributed by atoms with E-state index in [0.717, 1.165) is 24.7 Å². The maximum atomic E-state index is 10.8. The van der Waals surface area contributed by atoms with E-state index in [1.807, 2.05) is 0 Å². The molecule has 0 radical (unpaired) electrons. The van der Waals surface area contributed by atoms with Crippen LogP contribution in [0.5, 0.6) is 0 Å². The largest absolute Gasteiger partial charge is 0.287 e. The molecule has 0 atom stereocenters. The second-order valence-electron chi connectivity index (χ2n) is 5.38. The molecule has 1 fully saturated rings. The molecule has 1 aliphatic carbocycles. The molecule has 0 amide bonds. The Morgan fingerprint density at radius 2 is 1.11 bits per heavy atom. The fourth-order valence-corrected chi connectivity index (χ4v) is 3.43. The Morgan fingerprint density at radius 3 is 1.39 bits per heavy atom. The molecule has 104 valence electrons. The van der Waals surface area contributed by atoms with Crippen molar-refractivity contribution in [1.29, 1.82) is 0 Å². The van der Waals surface area contributed by atoms with E-state index in [-0.39, 0.29) is 9.39 Å². The van der Waals surface area contributed by atoms with Crippen LogP contribution in [0, 0.1) is 11.8 Å². The lowest BCUT2D eigenvalue weighted by Crippen LogP contribution is -2.15. The highest BCUT2D eigenvalue weighted by Gasteiger charge is 2.20. The average Bonchev–Trinajstić information content (AvgIpc) is 2.30. The summed E-state index contributed by atoms with van der Waals surface area (Å²) in [5.41, 5.74) is 0. The molecule has 1 aliphatic rings. The van der Waals surface area contributed by atoms with Crippen molar-refractivity contribution in [3.63, 3.8) is 0 Å². The van der Waals surface area contributed by atoms with Gasteiger partial charge in [-0.25, -0.2) is 0 Å². The molecule has 0 heterocycles.